The van der Waals surface area contributed by atoms with Crippen molar-refractivity contribution >= 4 is 27.1 Å². The number of aliphatic hydroxyl groups excluding tert-OH is 1. The van der Waals surface area contributed by atoms with E-state index in [1.807, 2.05) is 0 Å². The highest BCUT2D eigenvalue weighted by molar-refractivity contribution is 7.17. The van der Waals surface area contributed by atoms with Crippen molar-refractivity contribution in [3.05, 3.63) is 23.1 Å². The number of fused-ring (bicyclic) bond motifs is 1. The van der Waals surface area contributed by atoms with Crippen molar-refractivity contribution in [3.63, 3.8) is 0 Å². The Labute approximate surface area is 79.0 Å². The normalized spacial score (nSPS) is 10.8. The fourth-order valence-corrected chi connectivity index (χ4v) is 2.30. The molecule has 0 fully saturated rings. The van der Waals surface area contributed by atoms with E-state index in [4.69, 9.17) is 10.8 Å². The molecule has 1 aromatic carbocycles. The number of nitrogens with two attached hydrogens (primary N) is 1. The van der Waals surface area contributed by atoms with Crippen LogP contribution in [0.4, 0.5) is 5.69 Å². The maximum Gasteiger partial charge on any atom is 0.134 e. The highest BCUT2D eigenvalue weighted by Gasteiger charge is 2.08. The fourth-order valence-electron chi connectivity index (χ4n) is 1.38. The fraction of sp³-hybridized carbons (Fsp3) is 0.111. The van der Waals surface area contributed by atoms with Crippen molar-refractivity contribution in [3.8, 4) is 5.75 Å². The Kier molecular flexibility index (Phi) is 1.86. The molecule has 0 saturated heterocycles. The van der Waals surface area contributed by atoms with Gasteiger partial charge in [-0.2, -0.15) is 0 Å². The van der Waals surface area contributed by atoms with E-state index in [2.05, 4.69) is 0 Å². The minimum Gasteiger partial charge on any atom is -0.506 e. The predicted molar refractivity (Wildman–Crippen MR) is 53.8 cm³/mol. The third-order valence-corrected chi connectivity index (χ3v) is 2.85. The lowest BCUT2D eigenvalue weighted by atomic mass is 10.1. The third kappa shape index (κ3) is 1.24. The largest absolute Gasteiger partial charge is 0.506 e. The van der Waals surface area contributed by atoms with Gasteiger partial charge in [0.15, 0.2) is 0 Å². The summed E-state index contributed by atoms with van der Waals surface area (Å²) >= 11 is 1.42. The molecule has 68 valence electrons. The lowest BCUT2D eigenvalue weighted by Crippen LogP contribution is -1.89. The first-order valence-electron chi connectivity index (χ1n) is 3.82. The zero-order valence-corrected chi connectivity index (χ0v) is 7.64. The van der Waals surface area contributed by atoms with Gasteiger partial charge in [-0.05, 0) is 17.7 Å². The monoisotopic (exact) mass is 195 g/mol. The van der Waals surface area contributed by atoms with Gasteiger partial charge in [-0.1, -0.05) is 0 Å². The molecule has 0 aliphatic heterocycles. The summed E-state index contributed by atoms with van der Waals surface area (Å²) in [4.78, 5) is 0. The maximum atomic E-state index is 9.47. The van der Waals surface area contributed by atoms with Gasteiger partial charge >= 0.3 is 0 Å². The molecule has 4 N–H and O–H groups in total. The Balaban J connectivity index is 2.85. The summed E-state index contributed by atoms with van der Waals surface area (Å²) in [6.07, 6.45) is 0. The highest BCUT2D eigenvalue weighted by Crippen LogP contribution is 2.35. The van der Waals surface area contributed by atoms with Crippen molar-refractivity contribution in [2.24, 2.45) is 0 Å². The first-order valence-corrected chi connectivity index (χ1v) is 4.69. The van der Waals surface area contributed by atoms with Crippen LogP contribution in [0.3, 0.4) is 0 Å². The van der Waals surface area contributed by atoms with E-state index in [1.165, 1.54) is 11.3 Å². The van der Waals surface area contributed by atoms with Crippen LogP contribution in [0.5, 0.6) is 5.75 Å². The summed E-state index contributed by atoms with van der Waals surface area (Å²) in [6, 6.07) is 3.47. The molecule has 0 radical (unpaired) electrons. The lowest BCUT2D eigenvalue weighted by Gasteiger charge is -2.01. The topological polar surface area (TPSA) is 66.5 Å². The molecule has 2 rings (SSSR count). The molecule has 0 unspecified atom stereocenters. The van der Waals surface area contributed by atoms with Crippen LogP contribution in [-0.2, 0) is 6.61 Å². The molecule has 1 heterocycles. The minimum atomic E-state index is -0.105. The van der Waals surface area contributed by atoms with Crippen molar-refractivity contribution in [1.82, 2.24) is 0 Å². The Morgan fingerprint density at radius 1 is 1.38 bits per heavy atom. The van der Waals surface area contributed by atoms with Crippen LogP contribution < -0.4 is 5.73 Å². The van der Waals surface area contributed by atoms with Gasteiger partial charge in [0.1, 0.15) is 5.75 Å². The van der Waals surface area contributed by atoms with E-state index < -0.39 is 0 Å². The molecular formula is C9H9NO2S. The molecule has 0 amide bonds. The number of aromatic hydroxyl groups is 1. The van der Waals surface area contributed by atoms with Crippen LogP contribution in [0.25, 0.3) is 10.1 Å². The molecule has 2 aromatic rings. The molecule has 0 saturated carbocycles. The molecule has 0 spiro atoms. The van der Waals surface area contributed by atoms with E-state index in [9.17, 15) is 5.11 Å². The molecule has 0 atom stereocenters. The van der Waals surface area contributed by atoms with Gasteiger partial charge in [0.05, 0.1) is 6.61 Å². The first-order chi connectivity index (χ1) is 6.22. The number of rotatable bonds is 1. The van der Waals surface area contributed by atoms with E-state index >= 15 is 0 Å². The SMILES string of the molecule is Nc1cc(CO)c2c(O)csc2c1. The zero-order chi connectivity index (χ0) is 9.42. The number of nitrogen functional groups attached to an aromatic ring is 1. The number of thiophene rings is 1. The van der Waals surface area contributed by atoms with E-state index in [0.717, 1.165) is 4.70 Å². The molecule has 0 aliphatic carbocycles. The van der Waals surface area contributed by atoms with Gasteiger partial charge in [-0.3, -0.25) is 0 Å². The Bertz CT molecular complexity index is 450. The summed E-state index contributed by atoms with van der Waals surface area (Å²) in [6.45, 7) is -0.105. The Morgan fingerprint density at radius 2 is 2.15 bits per heavy atom. The first kappa shape index (κ1) is 8.34. The maximum absolute atomic E-state index is 9.47. The van der Waals surface area contributed by atoms with Gasteiger partial charge in [-0.15, -0.1) is 11.3 Å². The molecule has 4 heteroatoms. The van der Waals surface area contributed by atoms with Crippen molar-refractivity contribution in [2.75, 3.05) is 5.73 Å². The second-order valence-electron chi connectivity index (χ2n) is 2.83. The van der Waals surface area contributed by atoms with Gasteiger partial charge in [-0.25, -0.2) is 0 Å². The van der Waals surface area contributed by atoms with E-state index in [1.54, 1.807) is 17.5 Å². The van der Waals surface area contributed by atoms with Gasteiger partial charge in [0.25, 0.3) is 0 Å². The van der Waals surface area contributed by atoms with Gasteiger partial charge in [0.2, 0.25) is 0 Å². The number of benzene rings is 1. The number of aliphatic hydroxyl groups is 1. The van der Waals surface area contributed by atoms with Crippen LogP contribution in [0.1, 0.15) is 5.56 Å². The smallest absolute Gasteiger partial charge is 0.134 e. The van der Waals surface area contributed by atoms with Crippen LogP contribution in [0.2, 0.25) is 0 Å². The standard InChI is InChI=1S/C9H9NO2S/c10-6-1-5(3-11)9-7(12)4-13-8(9)2-6/h1-2,4,11-12H,3,10H2. The highest BCUT2D eigenvalue weighted by atomic mass is 32.1. The average Bonchev–Trinajstić information content (AvgIpc) is 2.46. The predicted octanol–water partition coefficient (Wildman–Crippen LogP) is 1.68. The third-order valence-electron chi connectivity index (χ3n) is 1.93. The van der Waals surface area contributed by atoms with Crippen molar-refractivity contribution in [1.29, 1.82) is 0 Å². The molecule has 1 aromatic heterocycles. The quantitative estimate of drug-likeness (QED) is 0.606. The zero-order valence-electron chi connectivity index (χ0n) is 6.82. The second-order valence-corrected chi connectivity index (χ2v) is 3.74. The van der Waals surface area contributed by atoms with Crippen LogP contribution in [0.15, 0.2) is 17.5 Å². The Morgan fingerprint density at radius 3 is 2.85 bits per heavy atom. The number of hydrogen-bond donors (Lipinski definition) is 3. The average molecular weight is 195 g/mol. The van der Waals surface area contributed by atoms with Crippen LogP contribution >= 0.6 is 11.3 Å². The second kappa shape index (κ2) is 2.90. The number of anilines is 1. The van der Waals surface area contributed by atoms with E-state index in [-0.39, 0.29) is 12.4 Å². The lowest BCUT2D eigenvalue weighted by molar-refractivity contribution is 0.283. The summed E-state index contributed by atoms with van der Waals surface area (Å²) in [7, 11) is 0. The van der Waals surface area contributed by atoms with Crippen molar-refractivity contribution < 1.29 is 10.2 Å². The molecule has 0 bridgehead atoms. The molecule has 3 nitrogen and oxygen atoms in total. The molecular weight excluding hydrogens is 186 g/mol. The Hall–Kier alpha value is -1.26. The van der Waals surface area contributed by atoms with Crippen molar-refractivity contribution in [2.45, 2.75) is 6.61 Å². The summed E-state index contributed by atoms with van der Waals surface area (Å²) in [5.41, 5.74) is 6.91. The number of hydrogen-bond acceptors (Lipinski definition) is 4. The summed E-state index contributed by atoms with van der Waals surface area (Å²) < 4.78 is 0.904. The summed E-state index contributed by atoms with van der Waals surface area (Å²) in [5.74, 6) is 0.212. The van der Waals surface area contributed by atoms with E-state index in [0.29, 0.717) is 16.6 Å². The van der Waals surface area contributed by atoms with Gasteiger partial charge < -0.3 is 15.9 Å². The van der Waals surface area contributed by atoms with Gasteiger partial charge in [0, 0.05) is 21.2 Å². The van der Waals surface area contributed by atoms with Crippen LogP contribution in [0, 0.1) is 0 Å². The molecule has 0 aliphatic rings. The van der Waals surface area contributed by atoms with Crippen LogP contribution in [-0.4, -0.2) is 10.2 Å². The summed E-state index contributed by atoms with van der Waals surface area (Å²) in [5, 5.41) is 20.9. The minimum absolute atomic E-state index is 0.105. The molecule has 13 heavy (non-hydrogen) atoms.